The summed E-state index contributed by atoms with van der Waals surface area (Å²) in [6.07, 6.45) is 2.62. The lowest BCUT2D eigenvalue weighted by atomic mass is 10.1. The molecule has 0 fully saturated rings. The number of nitrogens with zero attached hydrogens (tertiary/aromatic N) is 1. The summed E-state index contributed by atoms with van der Waals surface area (Å²) in [5.41, 5.74) is 1.75. The van der Waals surface area contributed by atoms with Crippen LogP contribution in [0.5, 0.6) is 5.75 Å². The van der Waals surface area contributed by atoms with Crippen molar-refractivity contribution in [3.8, 4) is 5.75 Å². The number of nitrogens with one attached hydrogen (secondary N) is 1. The van der Waals surface area contributed by atoms with Crippen LogP contribution in [0.3, 0.4) is 0 Å². The van der Waals surface area contributed by atoms with Crippen LogP contribution in [0.15, 0.2) is 24.4 Å². The molecule has 1 unspecified atom stereocenters. The Hall–Kier alpha value is -1.33. The summed E-state index contributed by atoms with van der Waals surface area (Å²) < 4.78 is 16.4. The third kappa shape index (κ3) is 3.84. The van der Waals surface area contributed by atoms with Crippen LogP contribution >= 0.6 is 7.82 Å². The second-order valence-electron chi connectivity index (χ2n) is 5.82. The molecule has 0 aliphatic heterocycles. The van der Waals surface area contributed by atoms with Gasteiger partial charge in [-0.15, -0.1) is 0 Å². The second-order valence-corrected chi connectivity index (χ2v) is 6.94. The van der Waals surface area contributed by atoms with Crippen LogP contribution in [0, 0.1) is 0 Å². The quantitative estimate of drug-likeness (QED) is 0.643. The van der Waals surface area contributed by atoms with Gasteiger partial charge in [-0.1, -0.05) is 6.07 Å². The van der Waals surface area contributed by atoms with E-state index in [-0.39, 0.29) is 5.75 Å². The van der Waals surface area contributed by atoms with Crippen LogP contribution in [-0.2, 0) is 11.0 Å². The smallest absolute Gasteiger partial charge is 0.317 e. The summed E-state index contributed by atoms with van der Waals surface area (Å²) in [4.78, 5) is 22.9. The maximum atomic E-state index is 10.9. The van der Waals surface area contributed by atoms with Crippen LogP contribution in [0.25, 0.3) is 10.9 Å². The minimum Gasteiger partial charge on any atom is -0.746 e. The van der Waals surface area contributed by atoms with Crippen molar-refractivity contribution in [2.45, 2.75) is 6.42 Å². The van der Waals surface area contributed by atoms with E-state index in [1.165, 1.54) is 6.07 Å². The molecule has 2 rings (SSSR count). The molecule has 2 aromatic rings. The van der Waals surface area contributed by atoms with Crippen molar-refractivity contribution in [3.63, 3.8) is 0 Å². The minimum atomic E-state index is -4.81. The van der Waals surface area contributed by atoms with Gasteiger partial charge in [-0.2, -0.15) is 0 Å². The molecular weight excluding hydrogens is 279 g/mol. The first kappa shape index (κ1) is 15.1. The predicted octanol–water partition coefficient (Wildman–Crippen LogP) is 1.26. The van der Waals surface area contributed by atoms with Crippen LogP contribution in [0.2, 0.25) is 0 Å². The van der Waals surface area contributed by atoms with Crippen molar-refractivity contribution in [1.82, 2.24) is 4.98 Å². The fourth-order valence-corrected chi connectivity index (χ4v) is 2.47. The van der Waals surface area contributed by atoms with Gasteiger partial charge in [-0.3, -0.25) is 4.57 Å². The maximum Gasteiger partial charge on any atom is 0.317 e. The maximum absolute atomic E-state index is 10.9. The number of hydrogen-bond donors (Lipinski definition) is 2. The van der Waals surface area contributed by atoms with Gasteiger partial charge in [0.05, 0.1) is 27.7 Å². The third-order valence-corrected chi connectivity index (χ3v) is 3.44. The molecule has 1 aromatic heterocycles. The van der Waals surface area contributed by atoms with Crippen molar-refractivity contribution in [1.29, 1.82) is 0 Å². The summed E-state index contributed by atoms with van der Waals surface area (Å²) in [7, 11) is 1.46. The molecule has 110 valence electrons. The van der Waals surface area contributed by atoms with E-state index in [2.05, 4.69) is 30.7 Å². The van der Waals surface area contributed by atoms with Gasteiger partial charge in [-0.25, -0.2) is 0 Å². The molecule has 0 saturated carbocycles. The predicted molar refractivity (Wildman–Crippen MR) is 75.4 cm³/mol. The zero-order valence-corrected chi connectivity index (χ0v) is 12.7. The SMILES string of the molecule is C[N+](C)(C)CCc1c[nH]c2cccc(OP(=O)([O-])O)c12. The summed E-state index contributed by atoms with van der Waals surface area (Å²) in [5.74, 6) is 0.154. The summed E-state index contributed by atoms with van der Waals surface area (Å²) in [6, 6.07) is 5.05. The monoisotopic (exact) mass is 298 g/mol. The molecular formula is C13H19N2O4P. The van der Waals surface area contributed by atoms with Crippen LogP contribution in [-0.4, -0.2) is 42.0 Å². The summed E-state index contributed by atoms with van der Waals surface area (Å²) in [6.45, 7) is 0.898. The van der Waals surface area contributed by atoms with Crippen LogP contribution < -0.4 is 9.42 Å². The Balaban J connectivity index is 2.39. The molecule has 1 atom stereocenters. The number of quaternary nitrogens is 1. The largest absolute Gasteiger partial charge is 0.746 e. The molecule has 0 saturated heterocycles. The molecule has 7 heteroatoms. The number of H-pyrrole nitrogens is 1. The standard InChI is InChI=1S/C13H19N2O4P/c1-15(2,3)8-7-10-9-14-11-5-4-6-12(13(10)11)19-20(16,17)18/h4-6,9,14H,7-8H2,1-3H3,(H-,16,17,18). The number of aromatic amines is 1. The van der Waals surface area contributed by atoms with Crippen LogP contribution in [0.4, 0.5) is 0 Å². The zero-order valence-electron chi connectivity index (χ0n) is 11.8. The number of phosphoric acid groups is 1. The highest BCUT2D eigenvalue weighted by Gasteiger charge is 2.15. The number of rotatable bonds is 5. The number of hydrogen-bond acceptors (Lipinski definition) is 3. The van der Waals surface area contributed by atoms with E-state index >= 15 is 0 Å². The Labute approximate surface area is 117 Å². The number of aromatic nitrogens is 1. The molecule has 0 amide bonds. The molecule has 2 N–H and O–H groups in total. The van der Waals surface area contributed by atoms with Crippen LogP contribution in [0.1, 0.15) is 5.56 Å². The Morgan fingerprint density at radius 2 is 2.10 bits per heavy atom. The van der Waals surface area contributed by atoms with Crippen molar-refractivity contribution >= 4 is 18.7 Å². The summed E-state index contributed by atoms with van der Waals surface area (Å²) in [5, 5.41) is 0.700. The second kappa shape index (κ2) is 5.22. The highest BCUT2D eigenvalue weighted by molar-refractivity contribution is 7.45. The molecule has 0 radical (unpaired) electrons. The number of benzene rings is 1. The number of fused-ring (bicyclic) bond motifs is 1. The lowest BCUT2D eigenvalue weighted by Gasteiger charge is -2.23. The van der Waals surface area contributed by atoms with E-state index in [1.54, 1.807) is 6.07 Å². The Morgan fingerprint density at radius 3 is 2.70 bits per heavy atom. The average molecular weight is 298 g/mol. The van der Waals surface area contributed by atoms with Crippen molar-refractivity contribution in [3.05, 3.63) is 30.0 Å². The van der Waals surface area contributed by atoms with Gasteiger partial charge >= 0.3 is 7.82 Å². The molecule has 6 nitrogen and oxygen atoms in total. The Kier molecular flexibility index (Phi) is 3.93. The minimum absolute atomic E-state index is 0.154. The third-order valence-electron chi connectivity index (χ3n) is 3.01. The first-order valence-corrected chi connectivity index (χ1v) is 7.78. The molecule has 1 aromatic carbocycles. The number of phosphoric ester groups is 1. The fourth-order valence-electron chi connectivity index (χ4n) is 2.07. The lowest BCUT2D eigenvalue weighted by Crippen LogP contribution is -2.36. The van der Waals surface area contributed by atoms with Crippen molar-refractivity contribution in [2.24, 2.45) is 0 Å². The van der Waals surface area contributed by atoms with Gasteiger partial charge in [0.1, 0.15) is 5.75 Å². The first-order chi connectivity index (χ1) is 9.16. The van der Waals surface area contributed by atoms with E-state index in [4.69, 9.17) is 4.89 Å². The van der Waals surface area contributed by atoms with E-state index in [9.17, 15) is 9.46 Å². The van der Waals surface area contributed by atoms with Gasteiger partial charge in [0.2, 0.25) is 0 Å². The molecule has 0 aliphatic carbocycles. The van der Waals surface area contributed by atoms with Gasteiger partial charge in [0.15, 0.2) is 0 Å². The highest BCUT2D eigenvalue weighted by atomic mass is 31.2. The number of likely N-dealkylation sites (N-methyl/N-ethyl adjacent to an activating group) is 1. The first-order valence-electron chi connectivity index (χ1n) is 6.28. The van der Waals surface area contributed by atoms with Gasteiger partial charge in [-0.05, 0) is 17.7 Å². The van der Waals surface area contributed by atoms with E-state index < -0.39 is 7.82 Å². The zero-order chi connectivity index (χ0) is 15.0. The fraction of sp³-hybridized carbons (Fsp3) is 0.385. The van der Waals surface area contributed by atoms with Gasteiger partial charge in [0, 0.05) is 23.5 Å². The Bertz CT molecular complexity index is 654. The van der Waals surface area contributed by atoms with Crippen molar-refractivity contribution < 1.29 is 23.4 Å². The van der Waals surface area contributed by atoms with Gasteiger partial charge < -0.3 is 23.8 Å². The molecule has 0 aliphatic rings. The Morgan fingerprint density at radius 1 is 1.40 bits per heavy atom. The lowest BCUT2D eigenvalue weighted by molar-refractivity contribution is -0.870. The molecule has 0 bridgehead atoms. The summed E-state index contributed by atoms with van der Waals surface area (Å²) >= 11 is 0. The normalized spacial score (nSPS) is 15.2. The molecule has 20 heavy (non-hydrogen) atoms. The average Bonchev–Trinajstić information content (AvgIpc) is 2.67. The van der Waals surface area contributed by atoms with E-state index in [0.717, 1.165) is 28.5 Å². The molecule has 0 spiro atoms. The molecule has 1 heterocycles. The highest BCUT2D eigenvalue weighted by Crippen LogP contribution is 2.38. The van der Waals surface area contributed by atoms with Gasteiger partial charge in [0.25, 0.3) is 0 Å². The van der Waals surface area contributed by atoms with E-state index in [1.807, 2.05) is 12.3 Å². The topological polar surface area (TPSA) is 85.4 Å². The van der Waals surface area contributed by atoms with Crippen molar-refractivity contribution in [2.75, 3.05) is 27.7 Å². The van der Waals surface area contributed by atoms with E-state index in [0.29, 0.717) is 5.39 Å².